The van der Waals surface area contributed by atoms with E-state index < -0.39 is 0 Å². The van der Waals surface area contributed by atoms with Gasteiger partial charge in [0.2, 0.25) is 0 Å². The summed E-state index contributed by atoms with van der Waals surface area (Å²) in [6.45, 7) is 0. The van der Waals surface area contributed by atoms with Crippen LogP contribution in [-0.4, -0.2) is 23.1 Å². The van der Waals surface area contributed by atoms with Crippen molar-refractivity contribution in [2.24, 2.45) is 5.92 Å². The molecular weight excluding hydrogens is 256 g/mol. The van der Waals surface area contributed by atoms with Crippen LogP contribution in [0, 0.1) is 5.92 Å². The molecule has 1 aliphatic carbocycles. The third-order valence-corrected chi connectivity index (χ3v) is 3.08. The molecule has 0 fully saturated rings. The van der Waals surface area contributed by atoms with E-state index in [9.17, 15) is 15.0 Å². The van der Waals surface area contributed by atoms with E-state index in [1.807, 2.05) is 18.2 Å². The molecule has 0 aromatic heterocycles. The van der Waals surface area contributed by atoms with Gasteiger partial charge in [-0.05, 0) is 42.7 Å². The molecule has 2 rings (SSSR count). The Morgan fingerprint density at radius 2 is 2.20 bits per heavy atom. The fraction of sp³-hybridized carbons (Fsp3) is 0.188. The fourth-order valence-corrected chi connectivity index (χ4v) is 1.94. The second-order valence-electron chi connectivity index (χ2n) is 4.49. The summed E-state index contributed by atoms with van der Waals surface area (Å²) >= 11 is 0. The molecule has 1 aliphatic rings. The van der Waals surface area contributed by atoms with Gasteiger partial charge in [0.1, 0.15) is 17.3 Å². The highest BCUT2D eigenvalue weighted by Gasteiger charge is 2.10. The smallest absolute Gasteiger partial charge is 0.189 e. The number of ketones is 1. The number of allylic oxidation sites excluding steroid dienone is 5. The minimum absolute atomic E-state index is 0.0736. The van der Waals surface area contributed by atoms with E-state index in [0.29, 0.717) is 0 Å². The topological polar surface area (TPSA) is 66.8 Å². The van der Waals surface area contributed by atoms with Crippen LogP contribution in [0.2, 0.25) is 0 Å². The standard InChI is InChI=1S/C16H16O4/c1-20-13-6-2-11(3-7-13)4-9-15(18)14-8-5-12(17)10-16(14)19/h2,4-11,17,19H,3H2,1H3. The van der Waals surface area contributed by atoms with Crippen LogP contribution in [0.5, 0.6) is 11.5 Å². The Labute approximate surface area is 117 Å². The SMILES string of the molecule is COC1=CCC(C=CC(=O)c2ccc(O)cc2O)C=C1. The van der Waals surface area contributed by atoms with Crippen LogP contribution in [0.1, 0.15) is 16.8 Å². The molecule has 4 heteroatoms. The van der Waals surface area contributed by atoms with Crippen LogP contribution in [0.15, 0.2) is 54.3 Å². The van der Waals surface area contributed by atoms with Gasteiger partial charge in [0.25, 0.3) is 0 Å². The number of benzene rings is 1. The first-order valence-electron chi connectivity index (χ1n) is 6.27. The Bertz CT molecular complexity index is 596. The summed E-state index contributed by atoms with van der Waals surface area (Å²) in [6, 6.07) is 3.92. The largest absolute Gasteiger partial charge is 0.508 e. The predicted octanol–water partition coefficient (Wildman–Crippen LogP) is 2.94. The minimum Gasteiger partial charge on any atom is -0.508 e. The zero-order valence-corrected chi connectivity index (χ0v) is 11.1. The van der Waals surface area contributed by atoms with E-state index in [2.05, 4.69) is 0 Å². The second-order valence-corrected chi connectivity index (χ2v) is 4.49. The molecule has 2 N–H and O–H groups in total. The van der Waals surface area contributed by atoms with Crippen molar-refractivity contribution >= 4 is 5.78 Å². The number of rotatable bonds is 4. The number of phenols is 2. The normalized spacial score (nSPS) is 18.1. The molecule has 104 valence electrons. The van der Waals surface area contributed by atoms with Gasteiger partial charge in [0.15, 0.2) is 5.78 Å². The molecule has 20 heavy (non-hydrogen) atoms. The predicted molar refractivity (Wildman–Crippen MR) is 75.6 cm³/mol. The highest BCUT2D eigenvalue weighted by Crippen LogP contribution is 2.24. The van der Waals surface area contributed by atoms with E-state index in [4.69, 9.17) is 4.74 Å². The summed E-state index contributed by atoms with van der Waals surface area (Å²) in [5.74, 6) is 0.363. The Kier molecular flexibility index (Phi) is 4.25. The molecule has 0 aliphatic heterocycles. The number of aromatic hydroxyl groups is 2. The maximum Gasteiger partial charge on any atom is 0.189 e. The lowest BCUT2D eigenvalue weighted by Gasteiger charge is -2.11. The summed E-state index contributed by atoms with van der Waals surface area (Å²) in [4.78, 5) is 11.9. The molecule has 0 bridgehead atoms. The highest BCUT2D eigenvalue weighted by atomic mass is 16.5. The zero-order valence-electron chi connectivity index (χ0n) is 11.1. The van der Waals surface area contributed by atoms with Crippen molar-refractivity contribution in [1.29, 1.82) is 0 Å². The van der Waals surface area contributed by atoms with Gasteiger partial charge < -0.3 is 14.9 Å². The van der Waals surface area contributed by atoms with Gasteiger partial charge in [-0.1, -0.05) is 12.2 Å². The Hall–Kier alpha value is -2.49. The molecule has 0 spiro atoms. The molecule has 1 aromatic carbocycles. The highest BCUT2D eigenvalue weighted by molar-refractivity contribution is 6.06. The summed E-state index contributed by atoms with van der Waals surface area (Å²) in [5, 5.41) is 18.8. The molecule has 1 unspecified atom stereocenters. The lowest BCUT2D eigenvalue weighted by Crippen LogP contribution is -2.00. The number of carbonyl (C=O) groups is 1. The van der Waals surface area contributed by atoms with Gasteiger partial charge in [-0.3, -0.25) is 4.79 Å². The quantitative estimate of drug-likeness (QED) is 0.653. The van der Waals surface area contributed by atoms with Gasteiger partial charge in [-0.25, -0.2) is 0 Å². The maximum absolute atomic E-state index is 11.9. The van der Waals surface area contributed by atoms with Crippen molar-refractivity contribution in [3.05, 3.63) is 59.9 Å². The van der Waals surface area contributed by atoms with Gasteiger partial charge in [0, 0.05) is 6.07 Å². The minimum atomic E-state index is -0.294. The van der Waals surface area contributed by atoms with Crippen molar-refractivity contribution < 1.29 is 19.7 Å². The van der Waals surface area contributed by atoms with Crippen molar-refractivity contribution in [2.45, 2.75) is 6.42 Å². The van der Waals surface area contributed by atoms with E-state index in [-0.39, 0.29) is 28.8 Å². The Balaban J connectivity index is 2.03. The number of hydrogen-bond donors (Lipinski definition) is 2. The second kappa shape index (κ2) is 6.10. The van der Waals surface area contributed by atoms with Crippen LogP contribution in [0.3, 0.4) is 0 Å². The van der Waals surface area contributed by atoms with Gasteiger partial charge >= 0.3 is 0 Å². The fourth-order valence-electron chi connectivity index (χ4n) is 1.94. The molecule has 0 amide bonds. The first kappa shape index (κ1) is 13.9. The van der Waals surface area contributed by atoms with Crippen LogP contribution in [0.4, 0.5) is 0 Å². The third-order valence-electron chi connectivity index (χ3n) is 3.08. The molecule has 0 saturated carbocycles. The Morgan fingerprint density at radius 3 is 2.80 bits per heavy atom. The van der Waals surface area contributed by atoms with Crippen LogP contribution < -0.4 is 0 Å². The van der Waals surface area contributed by atoms with E-state index >= 15 is 0 Å². The van der Waals surface area contributed by atoms with E-state index in [0.717, 1.165) is 18.2 Å². The summed E-state index contributed by atoms with van der Waals surface area (Å²) < 4.78 is 5.09. The summed E-state index contributed by atoms with van der Waals surface area (Å²) in [7, 11) is 1.61. The number of hydrogen-bond acceptors (Lipinski definition) is 4. The van der Waals surface area contributed by atoms with Crippen molar-refractivity contribution in [3.8, 4) is 11.5 Å². The lowest BCUT2D eigenvalue weighted by atomic mass is 9.98. The maximum atomic E-state index is 11.9. The lowest BCUT2D eigenvalue weighted by molar-refractivity contribution is 0.104. The average molecular weight is 272 g/mol. The van der Waals surface area contributed by atoms with Crippen LogP contribution in [0.25, 0.3) is 0 Å². The molecule has 0 radical (unpaired) electrons. The number of phenolic OH excluding ortho intramolecular Hbond substituents is 2. The Morgan fingerprint density at radius 1 is 1.40 bits per heavy atom. The first-order chi connectivity index (χ1) is 9.60. The third kappa shape index (κ3) is 3.29. The number of methoxy groups -OCH3 is 1. The van der Waals surface area contributed by atoms with Crippen LogP contribution >= 0.6 is 0 Å². The van der Waals surface area contributed by atoms with Crippen molar-refractivity contribution in [3.63, 3.8) is 0 Å². The monoisotopic (exact) mass is 272 g/mol. The molecular formula is C16H16O4. The zero-order chi connectivity index (χ0) is 14.5. The van der Waals surface area contributed by atoms with E-state index in [1.165, 1.54) is 18.2 Å². The van der Waals surface area contributed by atoms with E-state index in [1.54, 1.807) is 13.2 Å². The molecule has 1 atom stereocenters. The van der Waals surface area contributed by atoms with Crippen LogP contribution in [-0.2, 0) is 4.74 Å². The molecule has 4 nitrogen and oxygen atoms in total. The molecule has 0 heterocycles. The summed E-state index contributed by atoms with van der Waals surface area (Å²) in [6.07, 6.45) is 9.77. The average Bonchev–Trinajstić information content (AvgIpc) is 2.45. The molecule has 0 saturated heterocycles. The number of carbonyl (C=O) groups excluding carboxylic acids is 1. The summed E-state index contributed by atoms with van der Waals surface area (Å²) in [5.41, 5.74) is 0.173. The van der Waals surface area contributed by atoms with Gasteiger partial charge in [0.05, 0.1) is 12.7 Å². The van der Waals surface area contributed by atoms with Crippen molar-refractivity contribution in [2.75, 3.05) is 7.11 Å². The number of ether oxygens (including phenoxy) is 1. The molecule has 1 aromatic rings. The first-order valence-corrected chi connectivity index (χ1v) is 6.27. The van der Waals surface area contributed by atoms with Gasteiger partial charge in [-0.15, -0.1) is 0 Å². The van der Waals surface area contributed by atoms with Gasteiger partial charge in [-0.2, -0.15) is 0 Å². The van der Waals surface area contributed by atoms with Crippen molar-refractivity contribution in [1.82, 2.24) is 0 Å².